The topological polar surface area (TPSA) is 81.1 Å². The van der Waals surface area contributed by atoms with Gasteiger partial charge < -0.3 is 16.8 Å². The average molecular weight is 315 g/mol. The van der Waals surface area contributed by atoms with Gasteiger partial charge in [-0.15, -0.1) is 0 Å². The van der Waals surface area contributed by atoms with Crippen molar-refractivity contribution in [3.8, 4) is 0 Å². The molecule has 2 atom stereocenters. The Morgan fingerprint density at radius 3 is 2.59 bits per heavy atom. The highest BCUT2D eigenvalue weighted by Crippen LogP contribution is 2.32. The molecule has 4 nitrogen and oxygen atoms in total. The molecule has 0 heterocycles. The second-order valence-electron chi connectivity index (χ2n) is 5.73. The molecule has 1 saturated carbocycles. The molecule has 1 aliphatic rings. The van der Waals surface area contributed by atoms with E-state index in [9.17, 15) is 18.0 Å². The summed E-state index contributed by atoms with van der Waals surface area (Å²) in [5.74, 6) is -0.530. The molecule has 0 radical (unpaired) electrons. The van der Waals surface area contributed by atoms with Gasteiger partial charge in [-0.25, -0.2) is 0 Å². The lowest BCUT2D eigenvalue weighted by Gasteiger charge is -2.25. The average Bonchev–Trinajstić information content (AvgIpc) is 2.46. The zero-order chi connectivity index (χ0) is 16.3. The highest BCUT2D eigenvalue weighted by molar-refractivity contribution is 5.92. The Morgan fingerprint density at radius 2 is 2.00 bits per heavy atom. The lowest BCUT2D eigenvalue weighted by atomic mass is 9.85. The molecule has 1 aromatic carbocycles. The van der Waals surface area contributed by atoms with E-state index in [-0.39, 0.29) is 30.1 Å². The van der Waals surface area contributed by atoms with E-state index in [1.807, 2.05) is 0 Å². The molecule has 1 aromatic rings. The van der Waals surface area contributed by atoms with Gasteiger partial charge in [0, 0.05) is 24.2 Å². The predicted octanol–water partition coefficient (Wildman–Crippen LogP) is 2.62. The van der Waals surface area contributed by atoms with Crippen LogP contribution in [0.4, 0.5) is 18.9 Å². The van der Waals surface area contributed by atoms with Crippen LogP contribution in [0, 0.1) is 5.92 Å². The van der Waals surface area contributed by atoms with Crippen LogP contribution in [0.25, 0.3) is 0 Å². The van der Waals surface area contributed by atoms with Crippen LogP contribution in [-0.4, -0.2) is 11.9 Å². The summed E-state index contributed by atoms with van der Waals surface area (Å²) in [6, 6.07) is 3.37. The fourth-order valence-corrected chi connectivity index (χ4v) is 2.76. The Hall–Kier alpha value is -1.60. The Bertz CT molecular complexity index is 545. The quantitative estimate of drug-likeness (QED) is 0.802. The van der Waals surface area contributed by atoms with Gasteiger partial charge in [-0.3, -0.25) is 4.79 Å². The highest BCUT2D eigenvalue weighted by atomic mass is 19.4. The standard InChI is InChI=1S/C15H20F3N3O/c16-15(17,18)11-4-9(8-19)5-13(7-11)21-14(22)10-2-1-3-12(20)6-10/h4-5,7,10,12H,1-3,6,8,19-20H2,(H,21,22). The van der Waals surface area contributed by atoms with E-state index < -0.39 is 11.7 Å². The molecule has 0 bridgehead atoms. The second kappa shape index (κ2) is 6.66. The minimum atomic E-state index is -4.47. The Labute approximate surface area is 127 Å². The van der Waals surface area contributed by atoms with Gasteiger partial charge in [-0.2, -0.15) is 13.2 Å². The first-order chi connectivity index (χ1) is 10.3. The molecule has 22 heavy (non-hydrogen) atoms. The van der Waals surface area contributed by atoms with Crippen LogP contribution in [0.15, 0.2) is 18.2 Å². The summed E-state index contributed by atoms with van der Waals surface area (Å²) in [6.07, 6.45) is -1.46. The number of carbonyl (C=O) groups excluding carboxylic acids is 1. The van der Waals surface area contributed by atoms with Crippen molar-refractivity contribution in [3.63, 3.8) is 0 Å². The Balaban J connectivity index is 2.16. The minimum Gasteiger partial charge on any atom is -0.328 e. The molecule has 0 aromatic heterocycles. The first-order valence-electron chi connectivity index (χ1n) is 7.27. The molecule has 2 unspecified atom stereocenters. The van der Waals surface area contributed by atoms with E-state index in [4.69, 9.17) is 11.5 Å². The summed E-state index contributed by atoms with van der Waals surface area (Å²) >= 11 is 0. The fraction of sp³-hybridized carbons (Fsp3) is 0.533. The number of carbonyl (C=O) groups is 1. The van der Waals surface area contributed by atoms with Gasteiger partial charge in [0.1, 0.15) is 0 Å². The summed E-state index contributed by atoms with van der Waals surface area (Å²) < 4.78 is 38.6. The normalized spacial score (nSPS) is 22.4. The summed E-state index contributed by atoms with van der Waals surface area (Å²) in [5.41, 5.74) is 10.9. The number of rotatable bonds is 3. The second-order valence-corrected chi connectivity index (χ2v) is 5.73. The molecule has 0 spiro atoms. The van der Waals surface area contributed by atoms with E-state index in [1.165, 1.54) is 6.07 Å². The van der Waals surface area contributed by atoms with Crippen molar-refractivity contribution in [3.05, 3.63) is 29.3 Å². The van der Waals surface area contributed by atoms with Crippen molar-refractivity contribution in [1.29, 1.82) is 0 Å². The van der Waals surface area contributed by atoms with Gasteiger partial charge in [0.2, 0.25) is 5.91 Å². The van der Waals surface area contributed by atoms with E-state index in [0.717, 1.165) is 25.0 Å². The van der Waals surface area contributed by atoms with Crippen molar-refractivity contribution < 1.29 is 18.0 Å². The number of nitrogens with two attached hydrogens (primary N) is 2. The monoisotopic (exact) mass is 315 g/mol. The SMILES string of the molecule is NCc1cc(NC(=O)C2CCCC(N)C2)cc(C(F)(F)F)c1. The number of nitrogens with one attached hydrogen (secondary N) is 1. The zero-order valence-electron chi connectivity index (χ0n) is 12.1. The van der Waals surface area contributed by atoms with Gasteiger partial charge in [-0.05, 0) is 43.0 Å². The third-order valence-corrected chi connectivity index (χ3v) is 3.91. The van der Waals surface area contributed by atoms with Gasteiger partial charge >= 0.3 is 6.18 Å². The van der Waals surface area contributed by atoms with Crippen molar-refractivity contribution in [2.45, 2.75) is 44.4 Å². The zero-order valence-corrected chi connectivity index (χ0v) is 12.1. The summed E-state index contributed by atoms with van der Waals surface area (Å²) in [4.78, 5) is 12.2. The number of amides is 1. The number of anilines is 1. The van der Waals surface area contributed by atoms with E-state index in [1.54, 1.807) is 0 Å². The molecule has 1 amide bonds. The maximum Gasteiger partial charge on any atom is 0.416 e. The Kier molecular flexibility index (Phi) is 5.08. The molecule has 7 heteroatoms. The van der Waals surface area contributed by atoms with Crippen LogP contribution < -0.4 is 16.8 Å². The van der Waals surface area contributed by atoms with Crippen molar-refractivity contribution in [2.75, 3.05) is 5.32 Å². The van der Waals surface area contributed by atoms with E-state index in [0.29, 0.717) is 18.4 Å². The van der Waals surface area contributed by atoms with E-state index in [2.05, 4.69) is 5.32 Å². The highest BCUT2D eigenvalue weighted by Gasteiger charge is 2.31. The molecule has 2 rings (SSSR count). The molecule has 122 valence electrons. The summed E-state index contributed by atoms with van der Waals surface area (Å²) in [7, 11) is 0. The van der Waals surface area contributed by atoms with Gasteiger partial charge in [0.15, 0.2) is 0 Å². The largest absolute Gasteiger partial charge is 0.416 e. The number of halogens is 3. The maximum absolute atomic E-state index is 12.9. The van der Waals surface area contributed by atoms with Crippen LogP contribution in [0.1, 0.15) is 36.8 Å². The smallest absolute Gasteiger partial charge is 0.328 e. The lowest BCUT2D eigenvalue weighted by Crippen LogP contribution is -2.34. The first-order valence-corrected chi connectivity index (χ1v) is 7.27. The summed E-state index contributed by atoms with van der Waals surface area (Å²) in [5, 5.41) is 2.57. The Morgan fingerprint density at radius 1 is 1.27 bits per heavy atom. The van der Waals surface area contributed by atoms with Crippen LogP contribution >= 0.6 is 0 Å². The molecular formula is C15H20F3N3O. The number of hydrogen-bond donors (Lipinski definition) is 3. The van der Waals surface area contributed by atoms with Crippen molar-refractivity contribution in [2.24, 2.45) is 17.4 Å². The first kappa shape index (κ1) is 16.8. The van der Waals surface area contributed by atoms with Crippen LogP contribution in [0.2, 0.25) is 0 Å². The molecule has 0 saturated heterocycles. The fourth-order valence-electron chi connectivity index (χ4n) is 2.76. The molecule has 1 aliphatic carbocycles. The number of hydrogen-bond acceptors (Lipinski definition) is 3. The van der Waals surface area contributed by atoms with Crippen LogP contribution in [0.3, 0.4) is 0 Å². The lowest BCUT2D eigenvalue weighted by molar-refractivity contribution is -0.137. The predicted molar refractivity (Wildman–Crippen MR) is 77.9 cm³/mol. The van der Waals surface area contributed by atoms with Gasteiger partial charge in [0.05, 0.1) is 5.56 Å². The molecule has 1 fully saturated rings. The number of alkyl halides is 3. The third-order valence-electron chi connectivity index (χ3n) is 3.91. The number of benzene rings is 1. The van der Waals surface area contributed by atoms with Crippen LogP contribution in [0.5, 0.6) is 0 Å². The third kappa shape index (κ3) is 4.20. The van der Waals surface area contributed by atoms with Gasteiger partial charge in [-0.1, -0.05) is 6.42 Å². The van der Waals surface area contributed by atoms with Crippen molar-refractivity contribution in [1.82, 2.24) is 0 Å². The molecule has 0 aliphatic heterocycles. The molecule has 5 N–H and O–H groups in total. The van der Waals surface area contributed by atoms with Gasteiger partial charge in [0.25, 0.3) is 0 Å². The van der Waals surface area contributed by atoms with Crippen molar-refractivity contribution >= 4 is 11.6 Å². The maximum atomic E-state index is 12.9. The minimum absolute atomic E-state index is 0.0226. The molecular weight excluding hydrogens is 295 g/mol. The van der Waals surface area contributed by atoms with Crippen LogP contribution in [-0.2, 0) is 17.5 Å². The van der Waals surface area contributed by atoms with E-state index >= 15 is 0 Å². The summed E-state index contributed by atoms with van der Waals surface area (Å²) in [6.45, 7) is -0.0267.